The van der Waals surface area contributed by atoms with E-state index >= 15 is 0 Å². The van der Waals surface area contributed by atoms with Gasteiger partial charge in [0.25, 0.3) is 0 Å². The molecule has 0 spiro atoms. The van der Waals surface area contributed by atoms with Crippen molar-refractivity contribution in [2.75, 3.05) is 20.1 Å². The Bertz CT molecular complexity index is 581. The van der Waals surface area contributed by atoms with E-state index in [9.17, 15) is 13.2 Å². The molecule has 0 radical (unpaired) electrons. The zero-order valence-corrected chi connectivity index (χ0v) is 13.8. The summed E-state index contributed by atoms with van der Waals surface area (Å²) in [5.74, 6) is 0.293. The third-order valence-electron chi connectivity index (χ3n) is 4.13. The third kappa shape index (κ3) is 4.55. The van der Waals surface area contributed by atoms with Gasteiger partial charge in [-0.05, 0) is 30.9 Å². The molecule has 1 aliphatic rings. The quantitative estimate of drug-likeness (QED) is 0.870. The molecule has 1 saturated carbocycles. The standard InChI is InChI=1S/C16H24N2O3S/c1-18(22(20,21)15-10-6-3-7-11-15)13-16(19)17-12-14-8-4-2-5-9-14/h3,6-7,10-11,14H,2,4-5,8-9,12-13H2,1H3,(H,17,19). The molecule has 1 aliphatic carbocycles. The van der Waals surface area contributed by atoms with E-state index in [4.69, 9.17) is 0 Å². The Labute approximate surface area is 132 Å². The lowest BCUT2D eigenvalue weighted by Crippen LogP contribution is -2.40. The van der Waals surface area contributed by atoms with Crippen LogP contribution in [0.4, 0.5) is 0 Å². The number of hydrogen-bond acceptors (Lipinski definition) is 3. The van der Waals surface area contributed by atoms with Crippen LogP contribution in [-0.4, -0.2) is 38.8 Å². The molecule has 0 saturated heterocycles. The maximum Gasteiger partial charge on any atom is 0.243 e. The molecular weight excluding hydrogens is 300 g/mol. The predicted molar refractivity (Wildman–Crippen MR) is 85.8 cm³/mol. The van der Waals surface area contributed by atoms with E-state index in [2.05, 4.69) is 5.32 Å². The molecule has 0 heterocycles. The third-order valence-corrected chi connectivity index (χ3v) is 5.95. The minimum atomic E-state index is -3.60. The molecule has 0 atom stereocenters. The van der Waals surface area contributed by atoms with Crippen molar-refractivity contribution in [1.29, 1.82) is 0 Å². The first kappa shape index (κ1) is 17.0. The van der Waals surface area contributed by atoms with E-state index in [1.165, 1.54) is 38.4 Å². The first-order valence-electron chi connectivity index (χ1n) is 7.78. The molecule has 1 N–H and O–H groups in total. The largest absolute Gasteiger partial charge is 0.355 e. The van der Waals surface area contributed by atoms with Crippen molar-refractivity contribution in [2.24, 2.45) is 5.92 Å². The molecule has 1 amide bonds. The molecule has 6 heteroatoms. The van der Waals surface area contributed by atoms with Gasteiger partial charge >= 0.3 is 0 Å². The van der Waals surface area contributed by atoms with Gasteiger partial charge in [-0.3, -0.25) is 4.79 Å². The molecule has 0 unspecified atom stereocenters. The molecule has 122 valence electrons. The predicted octanol–water partition coefficient (Wildman–Crippen LogP) is 2.00. The second-order valence-electron chi connectivity index (χ2n) is 5.88. The average molecular weight is 324 g/mol. The number of amides is 1. The van der Waals surface area contributed by atoms with Crippen LogP contribution >= 0.6 is 0 Å². The topological polar surface area (TPSA) is 66.5 Å². The molecule has 1 aromatic rings. The normalized spacial score (nSPS) is 16.6. The van der Waals surface area contributed by atoms with Crippen LogP contribution in [0.25, 0.3) is 0 Å². The van der Waals surface area contributed by atoms with Crippen molar-refractivity contribution < 1.29 is 13.2 Å². The summed E-state index contributed by atoms with van der Waals surface area (Å²) in [5.41, 5.74) is 0. The molecule has 22 heavy (non-hydrogen) atoms. The van der Waals surface area contributed by atoms with Crippen LogP contribution in [0.1, 0.15) is 32.1 Å². The van der Waals surface area contributed by atoms with Gasteiger partial charge in [0.2, 0.25) is 15.9 Å². The fourth-order valence-corrected chi connectivity index (χ4v) is 3.91. The van der Waals surface area contributed by atoms with Gasteiger partial charge in [0.15, 0.2) is 0 Å². The van der Waals surface area contributed by atoms with Gasteiger partial charge in [-0.1, -0.05) is 37.5 Å². The van der Waals surface area contributed by atoms with E-state index in [1.54, 1.807) is 18.2 Å². The molecule has 0 bridgehead atoms. The number of benzene rings is 1. The zero-order chi connectivity index (χ0) is 16.0. The number of nitrogens with zero attached hydrogens (tertiary/aromatic N) is 1. The van der Waals surface area contributed by atoms with Gasteiger partial charge in [0.05, 0.1) is 11.4 Å². The van der Waals surface area contributed by atoms with E-state index in [0.29, 0.717) is 12.5 Å². The second-order valence-corrected chi connectivity index (χ2v) is 7.93. The van der Waals surface area contributed by atoms with Crippen molar-refractivity contribution in [1.82, 2.24) is 9.62 Å². The average Bonchev–Trinajstić information content (AvgIpc) is 2.54. The van der Waals surface area contributed by atoms with Gasteiger partial charge in [-0.2, -0.15) is 4.31 Å². The number of sulfonamides is 1. The van der Waals surface area contributed by atoms with Gasteiger partial charge in [0.1, 0.15) is 0 Å². The number of rotatable bonds is 6. The summed E-state index contributed by atoms with van der Waals surface area (Å²) in [5, 5.41) is 2.86. The summed E-state index contributed by atoms with van der Waals surface area (Å²) in [7, 11) is -2.17. The highest BCUT2D eigenvalue weighted by Gasteiger charge is 2.23. The van der Waals surface area contributed by atoms with Crippen LogP contribution in [0.3, 0.4) is 0 Å². The fraction of sp³-hybridized carbons (Fsp3) is 0.562. The lowest BCUT2D eigenvalue weighted by Gasteiger charge is -2.22. The molecule has 5 nitrogen and oxygen atoms in total. The first-order chi connectivity index (χ1) is 10.5. The Balaban J connectivity index is 1.85. The summed E-state index contributed by atoms with van der Waals surface area (Å²) >= 11 is 0. The highest BCUT2D eigenvalue weighted by molar-refractivity contribution is 7.89. The minimum Gasteiger partial charge on any atom is -0.355 e. The number of hydrogen-bond donors (Lipinski definition) is 1. The number of carbonyl (C=O) groups is 1. The Hall–Kier alpha value is -1.40. The lowest BCUT2D eigenvalue weighted by atomic mass is 9.89. The lowest BCUT2D eigenvalue weighted by molar-refractivity contribution is -0.121. The Morgan fingerprint density at radius 1 is 1.18 bits per heavy atom. The highest BCUT2D eigenvalue weighted by atomic mass is 32.2. The SMILES string of the molecule is CN(CC(=O)NCC1CCCCC1)S(=O)(=O)c1ccccc1. The number of likely N-dealkylation sites (N-methyl/N-ethyl adjacent to an activating group) is 1. The summed E-state index contributed by atoms with van der Waals surface area (Å²) in [4.78, 5) is 12.2. The molecule has 1 aromatic carbocycles. The number of nitrogens with one attached hydrogen (secondary N) is 1. The smallest absolute Gasteiger partial charge is 0.243 e. The maximum absolute atomic E-state index is 12.3. The summed E-state index contributed by atoms with van der Waals surface area (Å²) in [6.45, 7) is 0.502. The second kappa shape index (κ2) is 7.74. The molecule has 0 aromatic heterocycles. The molecular formula is C16H24N2O3S. The monoisotopic (exact) mass is 324 g/mol. The Kier molecular flexibility index (Phi) is 5.97. The van der Waals surface area contributed by atoms with Crippen LogP contribution in [0.5, 0.6) is 0 Å². The summed E-state index contributed by atoms with van der Waals surface area (Å²) < 4.78 is 25.7. The van der Waals surface area contributed by atoms with Crippen LogP contribution in [0, 0.1) is 5.92 Å². The summed E-state index contributed by atoms with van der Waals surface area (Å²) in [6, 6.07) is 8.17. The van der Waals surface area contributed by atoms with Crippen LogP contribution in [-0.2, 0) is 14.8 Å². The highest BCUT2D eigenvalue weighted by Crippen LogP contribution is 2.22. The minimum absolute atomic E-state index is 0.149. The van der Waals surface area contributed by atoms with E-state index in [-0.39, 0.29) is 17.3 Å². The van der Waals surface area contributed by atoms with Gasteiger partial charge in [-0.25, -0.2) is 8.42 Å². The molecule has 2 rings (SSSR count). The van der Waals surface area contributed by atoms with Crippen LogP contribution in [0.2, 0.25) is 0 Å². The fourth-order valence-electron chi connectivity index (χ4n) is 2.76. The van der Waals surface area contributed by atoms with Crippen LogP contribution < -0.4 is 5.32 Å². The number of carbonyl (C=O) groups excluding carboxylic acids is 1. The summed E-state index contributed by atoms with van der Waals surface area (Å²) in [6.07, 6.45) is 6.03. The van der Waals surface area contributed by atoms with E-state index in [1.807, 2.05) is 0 Å². The Morgan fingerprint density at radius 3 is 2.45 bits per heavy atom. The molecule has 1 fully saturated rings. The van der Waals surface area contributed by atoms with Crippen molar-refractivity contribution in [2.45, 2.75) is 37.0 Å². The zero-order valence-electron chi connectivity index (χ0n) is 13.0. The van der Waals surface area contributed by atoms with Crippen molar-refractivity contribution >= 4 is 15.9 Å². The van der Waals surface area contributed by atoms with Crippen molar-refractivity contribution in [3.05, 3.63) is 30.3 Å². The van der Waals surface area contributed by atoms with E-state index in [0.717, 1.165) is 17.1 Å². The Morgan fingerprint density at radius 2 is 1.82 bits per heavy atom. The van der Waals surface area contributed by atoms with Crippen molar-refractivity contribution in [3.63, 3.8) is 0 Å². The van der Waals surface area contributed by atoms with Crippen LogP contribution in [0.15, 0.2) is 35.2 Å². The van der Waals surface area contributed by atoms with Gasteiger partial charge in [-0.15, -0.1) is 0 Å². The van der Waals surface area contributed by atoms with Gasteiger partial charge < -0.3 is 5.32 Å². The van der Waals surface area contributed by atoms with Gasteiger partial charge in [0, 0.05) is 13.6 Å². The molecule has 0 aliphatic heterocycles. The van der Waals surface area contributed by atoms with E-state index < -0.39 is 10.0 Å². The van der Waals surface area contributed by atoms with Crippen molar-refractivity contribution in [3.8, 4) is 0 Å². The first-order valence-corrected chi connectivity index (χ1v) is 9.22. The maximum atomic E-state index is 12.3.